The molecule has 1 aromatic heterocycles. The van der Waals surface area contributed by atoms with Crippen molar-refractivity contribution in [2.45, 2.75) is 39.2 Å². The van der Waals surface area contributed by atoms with Gasteiger partial charge in [-0.15, -0.1) is 0 Å². The molecule has 116 valence electrons. The zero-order valence-electron chi connectivity index (χ0n) is 13.1. The molecule has 1 saturated heterocycles. The Balaban J connectivity index is 2.14. The van der Waals surface area contributed by atoms with Crippen LogP contribution < -0.4 is 20.3 Å². The molecule has 2 N–H and O–H groups in total. The van der Waals surface area contributed by atoms with Crippen molar-refractivity contribution in [2.75, 3.05) is 30.4 Å². The molecular formula is C14H23N5OS. The van der Waals surface area contributed by atoms with E-state index in [0.717, 1.165) is 18.9 Å². The van der Waals surface area contributed by atoms with E-state index in [-0.39, 0.29) is 5.54 Å². The smallest absolute Gasteiger partial charge is 0.234 e. The van der Waals surface area contributed by atoms with Crippen molar-refractivity contribution in [1.29, 1.82) is 0 Å². The average molecular weight is 309 g/mol. The SMILES string of the molecule is COc1cc(N2CCCC2)nc(NC(=S)NC(C)(C)C)n1. The molecule has 0 amide bonds. The average Bonchev–Trinajstić information content (AvgIpc) is 2.89. The maximum absolute atomic E-state index is 5.29. The maximum Gasteiger partial charge on any atom is 0.234 e. The van der Waals surface area contributed by atoms with Gasteiger partial charge in [0.05, 0.1) is 7.11 Å². The second-order valence-electron chi connectivity index (χ2n) is 6.12. The van der Waals surface area contributed by atoms with Crippen LogP contribution in [-0.2, 0) is 0 Å². The first-order valence-corrected chi connectivity index (χ1v) is 7.55. The number of ether oxygens (including phenoxy) is 1. The van der Waals surface area contributed by atoms with E-state index in [4.69, 9.17) is 17.0 Å². The van der Waals surface area contributed by atoms with E-state index < -0.39 is 0 Å². The third kappa shape index (κ3) is 4.70. The molecule has 0 saturated carbocycles. The topological polar surface area (TPSA) is 62.3 Å². The highest BCUT2D eigenvalue weighted by atomic mass is 32.1. The van der Waals surface area contributed by atoms with Gasteiger partial charge in [-0.3, -0.25) is 0 Å². The van der Waals surface area contributed by atoms with Crippen LogP contribution in [0.2, 0.25) is 0 Å². The monoisotopic (exact) mass is 309 g/mol. The normalized spacial score (nSPS) is 15.0. The Labute approximate surface area is 131 Å². The minimum atomic E-state index is -0.110. The molecule has 0 unspecified atom stereocenters. The minimum absolute atomic E-state index is 0.110. The Hall–Kier alpha value is -1.63. The summed E-state index contributed by atoms with van der Waals surface area (Å²) >= 11 is 5.29. The summed E-state index contributed by atoms with van der Waals surface area (Å²) in [6.45, 7) is 8.17. The van der Waals surface area contributed by atoms with Crippen LogP contribution in [-0.4, -0.2) is 40.8 Å². The number of hydrogen-bond acceptors (Lipinski definition) is 5. The summed E-state index contributed by atoms with van der Waals surface area (Å²) in [5.41, 5.74) is -0.110. The molecule has 1 aliphatic heterocycles. The molecule has 0 radical (unpaired) electrons. The molecule has 0 aromatic carbocycles. The number of rotatable bonds is 3. The van der Waals surface area contributed by atoms with Crippen molar-refractivity contribution < 1.29 is 4.74 Å². The predicted molar refractivity (Wildman–Crippen MR) is 89.1 cm³/mol. The Morgan fingerprint density at radius 3 is 2.52 bits per heavy atom. The van der Waals surface area contributed by atoms with Gasteiger partial charge in [-0.25, -0.2) is 0 Å². The van der Waals surface area contributed by atoms with Crippen LogP contribution in [0.25, 0.3) is 0 Å². The van der Waals surface area contributed by atoms with E-state index >= 15 is 0 Å². The van der Waals surface area contributed by atoms with Crippen LogP contribution in [0.1, 0.15) is 33.6 Å². The highest BCUT2D eigenvalue weighted by molar-refractivity contribution is 7.80. The summed E-state index contributed by atoms with van der Waals surface area (Å²) in [5.74, 6) is 1.87. The van der Waals surface area contributed by atoms with E-state index in [1.54, 1.807) is 7.11 Å². The standard InChI is InChI=1S/C14H23N5OS/c1-14(2,3)18-13(21)17-12-15-10(9-11(16-12)20-4)19-7-5-6-8-19/h9H,5-8H2,1-4H3,(H2,15,16,17,18,21). The van der Waals surface area contributed by atoms with Gasteiger partial charge in [-0.2, -0.15) is 9.97 Å². The fourth-order valence-electron chi connectivity index (χ4n) is 2.15. The molecule has 6 nitrogen and oxygen atoms in total. The molecule has 0 atom stereocenters. The fraction of sp³-hybridized carbons (Fsp3) is 0.643. The minimum Gasteiger partial charge on any atom is -0.481 e. The number of methoxy groups -OCH3 is 1. The van der Waals surface area contributed by atoms with Crippen LogP contribution in [0.15, 0.2) is 6.07 Å². The van der Waals surface area contributed by atoms with Gasteiger partial charge in [0.1, 0.15) is 5.82 Å². The summed E-state index contributed by atoms with van der Waals surface area (Å²) in [6.07, 6.45) is 2.39. The Morgan fingerprint density at radius 2 is 1.95 bits per heavy atom. The van der Waals surface area contributed by atoms with Crippen molar-refractivity contribution in [3.8, 4) is 5.88 Å². The van der Waals surface area contributed by atoms with Gasteiger partial charge in [0.2, 0.25) is 11.8 Å². The van der Waals surface area contributed by atoms with Crippen LogP contribution in [0.5, 0.6) is 5.88 Å². The molecule has 1 fully saturated rings. The van der Waals surface area contributed by atoms with Crippen molar-refractivity contribution >= 4 is 29.1 Å². The van der Waals surface area contributed by atoms with E-state index in [1.165, 1.54) is 12.8 Å². The molecule has 2 rings (SSSR count). The summed E-state index contributed by atoms with van der Waals surface area (Å²) in [7, 11) is 1.60. The van der Waals surface area contributed by atoms with Crippen molar-refractivity contribution in [1.82, 2.24) is 15.3 Å². The van der Waals surface area contributed by atoms with Gasteiger partial charge in [0.15, 0.2) is 5.11 Å². The third-order valence-electron chi connectivity index (χ3n) is 3.04. The lowest BCUT2D eigenvalue weighted by atomic mass is 10.1. The summed E-state index contributed by atoms with van der Waals surface area (Å²) in [6, 6.07) is 1.86. The molecule has 21 heavy (non-hydrogen) atoms. The molecule has 7 heteroatoms. The first-order valence-electron chi connectivity index (χ1n) is 7.14. The molecule has 1 aliphatic rings. The van der Waals surface area contributed by atoms with E-state index in [9.17, 15) is 0 Å². The highest BCUT2D eigenvalue weighted by Crippen LogP contribution is 2.23. The molecule has 0 spiro atoms. The molecule has 0 aliphatic carbocycles. The predicted octanol–water partition coefficient (Wildman–Crippen LogP) is 2.17. The molecule has 1 aromatic rings. The number of hydrogen-bond donors (Lipinski definition) is 2. The molecule has 2 heterocycles. The van der Waals surface area contributed by atoms with Gasteiger partial charge in [0.25, 0.3) is 0 Å². The lowest BCUT2D eigenvalue weighted by Crippen LogP contribution is -2.43. The first-order chi connectivity index (χ1) is 9.87. The zero-order valence-corrected chi connectivity index (χ0v) is 13.9. The number of anilines is 2. The van der Waals surface area contributed by atoms with Gasteiger partial charge < -0.3 is 20.3 Å². The van der Waals surface area contributed by atoms with Crippen molar-refractivity contribution in [3.05, 3.63) is 6.07 Å². The Kier molecular flexibility index (Phi) is 4.82. The van der Waals surface area contributed by atoms with Gasteiger partial charge >= 0.3 is 0 Å². The number of aromatic nitrogens is 2. The molecule has 0 bridgehead atoms. The summed E-state index contributed by atoms with van der Waals surface area (Å²) in [5, 5.41) is 6.71. The Bertz CT molecular complexity index is 509. The second kappa shape index (κ2) is 6.43. The largest absolute Gasteiger partial charge is 0.481 e. The highest BCUT2D eigenvalue weighted by Gasteiger charge is 2.17. The Morgan fingerprint density at radius 1 is 1.29 bits per heavy atom. The van der Waals surface area contributed by atoms with Crippen LogP contribution in [0, 0.1) is 0 Å². The summed E-state index contributed by atoms with van der Waals surface area (Å²) in [4.78, 5) is 11.1. The number of nitrogens with one attached hydrogen (secondary N) is 2. The lowest BCUT2D eigenvalue weighted by molar-refractivity contribution is 0.397. The van der Waals surface area contributed by atoms with Crippen LogP contribution in [0.3, 0.4) is 0 Å². The quantitative estimate of drug-likeness (QED) is 0.830. The van der Waals surface area contributed by atoms with Gasteiger partial charge in [0, 0.05) is 24.7 Å². The summed E-state index contributed by atoms with van der Waals surface area (Å²) < 4.78 is 5.26. The lowest BCUT2D eigenvalue weighted by Gasteiger charge is -2.23. The van der Waals surface area contributed by atoms with Crippen LogP contribution in [0.4, 0.5) is 11.8 Å². The van der Waals surface area contributed by atoms with E-state index in [1.807, 2.05) is 26.8 Å². The zero-order chi connectivity index (χ0) is 15.5. The van der Waals surface area contributed by atoms with Gasteiger partial charge in [-0.05, 0) is 45.8 Å². The van der Waals surface area contributed by atoms with Crippen molar-refractivity contribution in [3.63, 3.8) is 0 Å². The van der Waals surface area contributed by atoms with Crippen LogP contribution >= 0.6 is 12.2 Å². The number of thiocarbonyl (C=S) groups is 1. The second-order valence-corrected chi connectivity index (χ2v) is 6.52. The fourth-order valence-corrected chi connectivity index (χ4v) is 2.55. The molecular weight excluding hydrogens is 286 g/mol. The maximum atomic E-state index is 5.29. The first kappa shape index (κ1) is 15.8. The van der Waals surface area contributed by atoms with Crippen molar-refractivity contribution in [2.24, 2.45) is 0 Å². The van der Waals surface area contributed by atoms with E-state index in [2.05, 4.69) is 25.5 Å². The van der Waals surface area contributed by atoms with Gasteiger partial charge in [-0.1, -0.05) is 0 Å². The third-order valence-corrected chi connectivity index (χ3v) is 3.25. The number of nitrogens with zero attached hydrogens (tertiary/aromatic N) is 3. The van der Waals surface area contributed by atoms with E-state index in [0.29, 0.717) is 16.9 Å².